The third kappa shape index (κ3) is 4.52. The fourth-order valence-electron chi connectivity index (χ4n) is 4.01. The number of amides is 1. The third-order valence-electron chi connectivity index (χ3n) is 5.33. The van der Waals surface area contributed by atoms with Gasteiger partial charge < -0.3 is 9.88 Å². The quantitative estimate of drug-likeness (QED) is 0.791. The lowest BCUT2D eigenvalue weighted by atomic mass is 9.89. The minimum atomic E-state index is 0.136. The predicted octanol–water partition coefficient (Wildman–Crippen LogP) is 3.89. The molecular formula is C18H30N4OS. The van der Waals surface area contributed by atoms with Crippen molar-refractivity contribution in [3.8, 4) is 0 Å². The van der Waals surface area contributed by atoms with Gasteiger partial charge in [0.05, 0.1) is 5.75 Å². The molecule has 3 rings (SSSR count). The fourth-order valence-corrected chi connectivity index (χ4v) is 4.83. The summed E-state index contributed by atoms with van der Waals surface area (Å²) in [6.45, 7) is 3.02. The second-order valence-corrected chi connectivity index (χ2v) is 8.05. The number of rotatable bonds is 6. The Morgan fingerprint density at radius 1 is 1.08 bits per heavy atom. The van der Waals surface area contributed by atoms with E-state index in [1.165, 1.54) is 63.1 Å². The Morgan fingerprint density at radius 3 is 2.42 bits per heavy atom. The van der Waals surface area contributed by atoms with Crippen molar-refractivity contribution < 1.29 is 4.79 Å². The standard InChI is InChI=1S/C18H30N4OS/c1-2-22-17(14-9-5-3-6-10-14)20-21-18(22)24-13-16(23)19-15-11-7-4-8-12-15/h14-15H,2-13H2,1H3,(H,19,23). The van der Waals surface area contributed by atoms with E-state index in [9.17, 15) is 4.79 Å². The van der Waals surface area contributed by atoms with Crippen LogP contribution in [0.15, 0.2) is 5.16 Å². The Hall–Kier alpha value is -1.04. The van der Waals surface area contributed by atoms with Gasteiger partial charge in [0, 0.05) is 18.5 Å². The third-order valence-corrected chi connectivity index (χ3v) is 6.30. The van der Waals surface area contributed by atoms with Gasteiger partial charge >= 0.3 is 0 Å². The summed E-state index contributed by atoms with van der Waals surface area (Å²) in [5.74, 6) is 2.26. The molecular weight excluding hydrogens is 320 g/mol. The minimum Gasteiger partial charge on any atom is -0.353 e. The number of carbonyl (C=O) groups is 1. The van der Waals surface area contributed by atoms with Crippen LogP contribution in [0.3, 0.4) is 0 Å². The van der Waals surface area contributed by atoms with Crippen LogP contribution in [0.5, 0.6) is 0 Å². The Labute approximate surface area is 149 Å². The molecule has 0 spiro atoms. The average Bonchev–Trinajstić information content (AvgIpc) is 3.04. The van der Waals surface area contributed by atoms with E-state index in [4.69, 9.17) is 0 Å². The van der Waals surface area contributed by atoms with Crippen molar-refractivity contribution in [2.24, 2.45) is 0 Å². The molecule has 0 atom stereocenters. The van der Waals surface area contributed by atoms with Crippen molar-refractivity contribution in [3.05, 3.63) is 5.82 Å². The first-order chi connectivity index (χ1) is 11.8. The summed E-state index contributed by atoms with van der Waals surface area (Å²) in [5, 5.41) is 12.9. The van der Waals surface area contributed by atoms with Gasteiger partial charge in [-0.2, -0.15) is 0 Å². The van der Waals surface area contributed by atoms with Gasteiger partial charge in [0.15, 0.2) is 5.16 Å². The van der Waals surface area contributed by atoms with Gasteiger partial charge in [0.25, 0.3) is 0 Å². The number of carbonyl (C=O) groups excluding carboxylic acids is 1. The fraction of sp³-hybridized carbons (Fsp3) is 0.833. The molecule has 2 aliphatic rings. The number of nitrogens with zero attached hydrogens (tertiary/aromatic N) is 3. The summed E-state index contributed by atoms with van der Waals surface area (Å²) in [7, 11) is 0. The smallest absolute Gasteiger partial charge is 0.230 e. The highest BCUT2D eigenvalue weighted by Crippen LogP contribution is 2.33. The molecule has 0 bridgehead atoms. The van der Waals surface area contributed by atoms with E-state index in [2.05, 4.69) is 27.0 Å². The van der Waals surface area contributed by atoms with Crippen molar-refractivity contribution in [2.45, 2.75) is 94.8 Å². The van der Waals surface area contributed by atoms with E-state index in [1.54, 1.807) is 0 Å². The molecule has 1 aromatic heterocycles. The van der Waals surface area contributed by atoms with Gasteiger partial charge in [-0.15, -0.1) is 10.2 Å². The topological polar surface area (TPSA) is 59.8 Å². The summed E-state index contributed by atoms with van der Waals surface area (Å²) in [6, 6.07) is 0.383. The van der Waals surface area contributed by atoms with E-state index in [0.29, 0.717) is 17.7 Å². The number of nitrogens with one attached hydrogen (secondary N) is 1. The lowest BCUT2D eigenvalue weighted by Gasteiger charge is -2.22. The summed E-state index contributed by atoms with van der Waals surface area (Å²) < 4.78 is 2.22. The highest BCUT2D eigenvalue weighted by molar-refractivity contribution is 7.99. The second kappa shape index (κ2) is 8.88. The molecule has 0 saturated heterocycles. The molecule has 1 heterocycles. The zero-order valence-electron chi connectivity index (χ0n) is 14.8. The first-order valence-corrected chi connectivity index (χ1v) is 10.6. The van der Waals surface area contributed by atoms with Crippen LogP contribution in [0.25, 0.3) is 0 Å². The zero-order valence-corrected chi connectivity index (χ0v) is 15.6. The largest absolute Gasteiger partial charge is 0.353 e. The first kappa shape index (κ1) is 17.8. The van der Waals surface area contributed by atoms with Gasteiger partial charge in [-0.05, 0) is 32.6 Å². The lowest BCUT2D eigenvalue weighted by molar-refractivity contribution is -0.119. The number of thioether (sulfide) groups is 1. The molecule has 2 saturated carbocycles. The van der Waals surface area contributed by atoms with Gasteiger partial charge in [0.1, 0.15) is 5.82 Å². The molecule has 0 unspecified atom stereocenters. The zero-order chi connectivity index (χ0) is 16.8. The van der Waals surface area contributed by atoms with Crippen LogP contribution in [-0.2, 0) is 11.3 Å². The van der Waals surface area contributed by atoms with E-state index < -0.39 is 0 Å². The van der Waals surface area contributed by atoms with E-state index in [0.717, 1.165) is 30.4 Å². The van der Waals surface area contributed by atoms with Gasteiger partial charge in [-0.25, -0.2) is 0 Å². The summed E-state index contributed by atoms with van der Waals surface area (Å²) in [6.07, 6.45) is 12.5. The number of aromatic nitrogens is 3. The maximum absolute atomic E-state index is 12.2. The van der Waals surface area contributed by atoms with Crippen LogP contribution in [0.1, 0.15) is 82.9 Å². The molecule has 0 radical (unpaired) electrons. The van der Waals surface area contributed by atoms with Crippen molar-refractivity contribution in [2.75, 3.05) is 5.75 Å². The maximum Gasteiger partial charge on any atom is 0.230 e. The van der Waals surface area contributed by atoms with Crippen molar-refractivity contribution >= 4 is 17.7 Å². The number of hydrogen-bond acceptors (Lipinski definition) is 4. The van der Waals surface area contributed by atoms with Crippen LogP contribution in [-0.4, -0.2) is 32.5 Å². The van der Waals surface area contributed by atoms with Crippen molar-refractivity contribution in [3.63, 3.8) is 0 Å². The predicted molar refractivity (Wildman–Crippen MR) is 97.3 cm³/mol. The molecule has 0 aliphatic heterocycles. The molecule has 1 N–H and O–H groups in total. The first-order valence-electron chi connectivity index (χ1n) is 9.63. The molecule has 2 fully saturated rings. The highest BCUT2D eigenvalue weighted by Gasteiger charge is 2.23. The van der Waals surface area contributed by atoms with Gasteiger partial charge in [0.2, 0.25) is 5.91 Å². The van der Waals surface area contributed by atoms with Crippen LogP contribution in [0, 0.1) is 0 Å². The van der Waals surface area contributed by atoms with Crippen LogP contribution < -0.4 is 5.32 Å². The van der Waals surface area contributed by atoms with E-state index >= 15 is 0 Å². The molecule has 0 aromatic carbocycles. The minimum absolute atomic E-state index is 0.136. The monoisotopic (exact) mass is 350 g/mol. The average molecular weight is 351 g/mol. The van der Waals surface area contributed by atoms with Gasteiger partial charge in [-0.3, -0.25) is 4.79 Å². The molecule has 6 heteroatoms. The van der Waals surface area contributed by atoms with E-state index in [-0.39, 0.29) is 5.91 Å². The summed E-state index contributed by atoms with van der Waals surface area (Å²) >= 11 is 1.53. The second-order valence-electron chi connectivity index (χ2n) is 7.11. The Balaban J connectivity index is 1.54. The molecule has 5 nitrogen and oxygen atoms in total. The summed E-state index contributed by atoms with van der Waals surface area (Å²) in [4.78, 5) is 12.2. The Morgan fingerprint density at radius 2 is 1.75 bits per heavy atom. The van der Waals surface area contributed by atoms with Crippen LogP contribution in [0.4, 0.5) is 0 Å². The highest BCUT2D eigenvalue weighted by atomic mass is 32.2. The van der Waals surface area contributed by atoms with Gasteiger partial charge in [-0.1, -0.05) is 50.3 Å². The molecule has 1 aromatic rings. The van der Waals surface area contributed by atoms with Crippen molar-refractivity contribution in [1.29, 1.82) is 0 Å². The van der Waals surface area contributed by atoms with Crippen molar-refractivity contribution in [1.82, 2.24) is 20.1 Å². The van der Waals surface area contributed by atoms with Crippen LogP contribution in [0.2, 0.25) is 0 Å². The lowest BCUT2D eigenvalue weighted by Crippen LogP contribution is -2.37. The maximum atomic E-state index is 12.2. The normalized spacial score (nSPS) is 20.2. The number of hydrogen-bond donors (Lipinski definition) is 1. The Kier molecular flexibility index (Phi) is 6.58. The van der Waals surface area contributed by atoms with E-state index in [1.807, 2.05) is 0 Å². The van der Waals surface area contributed by atoms with Crippen LogP contribution >= 0.6 is 11.8 Å². The molecule has 24 heavy (non-hydrogen) atoms. The summed E-state index contributed by atoms with van der Waals surface area (Å²) in [5.41, 5.74) is 0. The molecule has 134 valence electrons. The Bertz CT molecular complexity index is 533. The SMILES string of the molecule is CCn1c(SCC(=O)NC2CCCCC2)nnc1C1CCCCC1. The molecule has 2 aliphatic carbocycles. The molecule has 1 amide bonds.